The van der Waals surface area contributed by atoms with Crippen LogP contribution in [0.15, 0.2) is 24.3 Å². The quantitative estimate of drug-likeness (QED) is 0.854. The first-order chi connectivity index (χ1) is 9.35. The van der Waals surface area contributed by atoms with Crippen LogP contribution in [0.4, 0.5) is 13.2 Å². The predicted molar refractivity (Wildman–Crippen MR) is 65.4 cm³/mol. The third-order valence-electron chi connectivity index (χ3n) is 3.24. The summed E-state index contributed by atoms with van der Waals surface area (Å²) in [6.07, 6.45) is -4.10. The Hall–Kier alpha value is -1.56. The molecule has 0 aromatic heterocycles. The zero-order chi connectivity index (χ0) is 14.8. The highest BCUT2D eigenvalue weighted by atomic mass is 19.4. The monoisotopic (exact) mass is 288 g/mol. The van der Waals surface area contributed by atoms with Crippen molar-refractivity contribution in [2.45, 2.75) is 32.2 Å². The van der Waals surface area contributed by atoms with E-state index in [-0.39, 0.29) is 23.9 Å². The number of carbonyl (C=O) groups is 1. The highest BCUT2D eigenvalue weighted by molar-refractivity contribution is 5.85. The molecule has 0 bridgehead atoms. The van der Waals surface area contributed by atoms with Crippen molar-refractivity contribution in [3.05, 3.63) is 29.8 Å². The van der Waals surface area contributed by atoms with Gasteiger partial charge < -0.3 is 9.47 Å². The Bertz CT molecular complexity index is 468. The maximum atomic E-state index is 12.0. The number of ketones is 1. The molecule has 1 aliphatic heterocycles. The summed E-state index contributed by atoms with van der Waals surface area (Å²) in [7, 11) is 0. The smallest absolute Gasteiger partial charge is 0.406 e. The Morgan fingerprint density at radius 2 is 2.00 bits per heavy atom. The van der Waals surface area contributed by atoms with Crippen LogP contribution in [0.1, 0.15) is 18.9 Å². The number of carbonyl (C=O) groups excluding carboxylic acids is 1. The van der Waals surface area contributed by atoms with E-state index in [1.807, 2.05) is 6.92 Å². The second kappa shape index (κ2) is 5.83. The van der Waals surface area contributed by atoms with Gasteiger partial charge in [0.05, 0.1) is 0 Å². The van der Waals surface area contributed by atoms with Gasteiger partial charge in [0.2, 0.25) is 0 Å². The molecular formula is C14H15F3O3. The van der Waals surface area contributed by atoms with E-state index in [2.05, 4.69) is 4.74 Å². The van der Waals surface area contributed by atoms with Gasteiger partial charge in [-0.2, -0.15) is 0 Å². The van der Waals surface area contributed by atoms with Gasteiger partial charge in [-0.1, -0.05) is 19.1 Å². The number of alkyl halides is 3. The fourth-order valence-corrected chi connectivity index (χ4v) is 2.22. The van der Waals surface area contributed by atoms with Gasteiger partial charge in [0.1, 0.15) is 11.9 Å². The molecule has 1 aromatic rings. The Balaban J connectivity index is 1.95. The summed E-state index contributed by atoms with van der Waals surface area (Å²) in [5.41, 5.74) is 0.646. The van der Waals surface area contributed by atoms with Crippen LogP contribution >= 0.6 is 0 Å². The molecule has 0 spiro atoms. The lowest BCUT2D eigenvalue weighted by atomic mass is 9.96. The summed E-state index contributed by atoms with van der Waals surface area (Å²) < 4.78 is 45.2. The zero-order valence-corrected chi connectivity index (χ0v) is 10.9. The first-order valence-corrected chi connectivity index (χ1v) is 6.34. The van der Waals surface area contributed by atoms with Crippen molar-refractivity contribution in [1.82, 2.24) is 0 Å². The maximum Gasteiger partial charge on any atom is 0.573 e. The number of hydrogen-bond donors (Lipinski definition) is 0. The van der Waals surface area contributed by atoms with Gasteiger partial charge in [-0.3, -0.25) is 4.79 Å². The van der Waals surface area contributed by atoms with Gasteiger partial charge in [-0.15, -0.1) is 13.2 Å². The van der Waals surface area contributed by atoms with Crippen molar-refractivity contribution < 1.29 is 27.4 Å². The summed E-state index contributed by atoms with van der Waals surface area (Å²) >= 11 is 0. The molecule has 1 fully saturated rings. The van der Waals surface area contributed by atoms with E-state index < -0.39 is 12.5 Å². The van der Waals surface area contributed by atoms with Gasteiger partial charge in [-0.25, -0.2) is 0 Å². The molecule has 20 heavy (non-hydrogen) atoms. The Morgan fingerprint density at radius 1 is 1.35 bits per heavy atom. The third-order valence-corrected chi connectivity index (χ3v) is 3.24. The molecular weight excluding hydrogens is 273 g/mol. The molecule has 2 rings (SSSR count). The summed E-state index contributed by atoms with van der Waals surface area (Å²) in [4.78, 5) is 12.0. The lowest BCUT2D eigenvalue weighted by Crippen LogP contribution is -2.26. The van der Waals surface area contributed by atoms with Crippen LogP contribution in [0, 0.1) is 5.92 Å². The minimum Gasteiger partial charge on any atom is -0.406 e. The molecule has 0 saturated carbocycles. The van der Waals surface area contributed by atoms with E-state index >= 15 is 0 Å². The number of Topliss-reactive ketones (excluding diaryl/α,β-unsaturated/α-hetero) is 1. The second-order valence-corrected chi connectivity index (χ2v) is 4.89. The van der Waals surface area contributed by atoms with Crippen LogP contribution in [0.25, 0.3) is 0 Å². The van der Waals surface area contributed by atoms with Crippen molar-refractivity contribution in [2.24, 2.45) is 5.92 Å². The third kappa shape index (κ3) is 3.96. The standard InChI is InChI=1S/C14H15F3O3/c1-9-6-7-19-13(9)12(18)8-10-2-4-11(5-3-10)20-14(15,16)17/h2-5,9,13H,6-8H2,1H3. The average Bonchev–Trinajstić information content (AvgIpc) is 2.76. The summed E-state index contributed by atoms with van der Waals surface area (Å²) in [6.45, 7) is 2.53. The normalized spacial score (nSPS) is 22.8. The lowest BCUT2D eigenvalue weighted by Gasteiger charge is -2.13. The fourth-order valence-electron chi connectivity index (χ4n) is 2.22. The minimum atomic E-state index is -4.70. The molecule has 3 nitrogen and oxygen atoms in total. The number of benzene rings is 1. The van der Waals surface area contributed by atoms with Gasteiger partial charge in [0, 0.05) is 13.0 Å². The molecule has 0 N–H and O–H groups in total. The highest BCUT2D eigenvalue weighted by Crippen LogP contribution is 2.24. The molecule has 0 amide bonds. The molecule has 2 atom stereocenters. The summed E-state index contributed by atoms with van der Waals surface area (Å²) in [6, 6.07) is 5.32. The van der Waals surface area contributed by atoms with Crippen LogP contribution in [-0.2, 0) is 16.0 Å². The van der Waals surface area contributed by atoms with Gasteiger partial charge in [0.25, 0.3) is 0 Å². The summed E-state index contributed by atoms with van der Waals surface area (Å²) in [5, 5.41) is 0. The second-order valence-electron chi connectivity index (χ2n) is 4.89. The number of ether oxygens (including phenoxy) is 2. The van der Waals surface area contributed by atoms with E-state index in [1.165, 1.54) is 24.3 Å². The SMILES string of the molecule is CC1CCOC1C(=O)Cc1ccc(OC(F)(F)F)cc1. The van der Waals surface area contributed by atoms with Gasteiger partial charge in [0.15, 0.2) is 5.78 Å². The number of rotatable bonds is 4. The van der Waals surface area contributed by atoms with Crippen molar-refractivity contribution in [3.8, 4) is 5.75 Å². The minimum absolute atomic E-state index is 0.0421. The average molecular weight is 288 g/mol. The van der Waals surface area contributed by atoms with Crippen molar-refractivity contribution >= 4 is 5.78 Å². The maximum absolute atomic E-state index is 12.0. The van der Waals surface area contributed by atoms with E-state index in [1.54, 1.807) is 0 Å². The Labute approximate surface area is 114 Å². The van der Waals surface area contributed by atoms with Crippen LogP contribution in [-0.4, -0.2) is 24.9 Å². The van der Waals surface area contributed by atoms with Crippen LogP contribution in [0.2, 0.25) is 0 Å². The van der Waals surface area contributed by atoms with Gasteiger partial charge in [-0.05, 0) is 30.0 Å². The van der Waals surface area contributed by atoms with E-state index in [4.69, 9.17) is 4.74 Å². The summed E-state index contributed by atoms with van der Waals surface area (Å²) in [5.74, 6) is -0.144. The topological polar surface area (TPSA) is 35.5 Å². The van der Waals surface area contributed by atoms with Gasteiger partial charge >= 0.3 is 6.36 Å². The molecule has 1 aliphatic rings. The molecule has 2 unspecified atom stereocenters. The van der Waals surface area contributed by atoms with Crippen molar-refractivity contribution in [2.75, 3.05) is 6.61 Å². The Morgan fingerprint density at radius 3 is 2.50 bits per heavy atom. The van der Waals surface area contributed by atoms with Crippen molar-refractivity contribution in [3.63, 3.8) is 0 Å². The molecule has 110 valence electrons. The zero-order valence-electron chi connectivity index (χ0n) is 10.9. The van der Waals surface area contributed by atoms with Crippen LogP contribution in [0.3, 0.4) is 0 Å². The van der Waals surface area contributed by atoms with E-state index in [9.17, 15) is 18.0 Å². The first-order valence-electron chi connectivity index (χ1n) is 6.34. The molecule has 1 heterocycles. The number of halogens is 3. The number of hydrogen-bond acceptors (Lipinski definition) is 3. The fraction of sp³-hybridized carbons (Fsp3) is 0.500. The molecule has 1 aromatic carbocycles. The lowest BCUT2D eigenvalue weighted by molar-refractivity contribution is -0.274. The van der Waals surface area contributed by atoms with Crippen LogP contribution in [0.5, 0.6) is 5.75 Å². The largest absolute Gasteiger partial charge is 0.573 e. The van der Waals surface area contributed by atoms with Crippen LogP contribution < -0.4 is 4.74 Å². The van der Waals surface area contributed by atoms with E-state index in [0.717, 1.165) is 6.42 Å². The Kier molecular flexibility index (Phi) is 4.32. The molecule has 1 saturated heterocycles. The molecule has 0 radical (unpaired) electrons. The molecule has 0 aliphatic carbocycles. The highest BCUT2D eigenvalue weighted by Gasteiger charge is 2.32. The van der Waals surface area contributed by atoms with Crippen molar-refractivity contribution in [1.29, 1.82) is 0 Å². The predicted octanol–water partition coefficient (Wildman–Crippen LogP) is 3.12. The first kappa shape index (κ1) is 14.8. The molecule has 6 heteroatoms. The van der Waals surface area contributed by atoms with E-state index in [0.29, 0.717) is 12.2 Å².